The van der Waals surface area contributed by atoms with Gasteiger partial charge in [0.05, 0.1) is 19.2 Å². The SMILES string of the molecule is CC(=O)Nc1c(I)c(C#N)nn1-c1c(Cl)cc(C(F)(F)F)cc1Cl. The van der Waals surface area contributed by atoms with Gasteiger partial charge in [0.1, 0.15) is 11.8 Å². The number of aromatic nitrogens is 2. The molecule has 0 fully saturated rings. The number of alkyl halides is 3. The third-order valence-corrected chi connectivity index (χ3v) is 4.38. The van der Waals surface area contributed by atoms with Crippen molar-refractivity contribution in [2.45, 2.75) is 13.1 Å². The maximum atomic E-state index is 12.8. The summed E-state index contributed by atoms with van der Waals surface area (Å²) < 4.78 is 39.8. The van der Waals surface area contributed by atoms with Crippen LogP contribution in [0.5, 0.6) is 0 Å². The average molecular weight is 489 g/mol. The minimum Gasteiger partial charge on any atom is -0.310 e. The van der Waals surface area contributed by atoms with E-state index in [1.807, 2.05) is 6.07 Å². The maximum Gasteiger partial charge on any atom is 0.416 e. The number of rotatable bonds is 2. The highest BCUT2D eigenvalue weighted by atomic mass is 127. The molecule has 2 aromatic rings. The third-order valence-electron chi connectivity index (χ3n) is 2.78. The summed E-state index contributed by atoms with van der Waals surface area (Å²) in [6.07, 6.45) is -4.62. The monoisotopic (exact) mass is 488 g/mol. The normalized spacial score (nSPS) is 11.2. The number of hydrogen-bond donors (Lipinski definition) is 1. The van der Waals surface area contributed by atoms with E-state index in [4.69, 9.17) is 28.5 Å². The Hall–Kier alpha value is -1.51. The molecule has 0 saturated heterocycles. The molecule has 0 aliphatic rings. The number of nitriles is 1. The summed E-state index contributed by atoms with van der Waals surface area (Å²) in [6, 6.07) is 3.21. The average Bonchev–Trinajstić information content (AvgIpc) is 2.74. The second kappa shape index (κ2) is 6.78. The lowest BCUT2D eigenvalue weighted by molar-refractivity contribution is -0.137. The molecule has 1 amide bonds. The molecular weight excluding hydrogens is 483 g/mol. The van der Waals surface area contributed by atoms with E-state index in [9.17, 15) is 18.0 Å². The van der Waals surface area contributed by atoms with E-state index < -0.39 is 17.6 Å². The van der Waals surface area contributed by atoms with E-state index >= 15 is 0 Å². The standard InChI is InChI=1S/C13H6Cl2F3IN4O/c1-5(24)21-12-10(19)9(4-20)22-23(12)11-7(14)2-6(3-8(11)15)13(16,17)18/h2-3H,1H3,(H,21,24). The fourth-order valence-corrected chi connectivity index (χ4v) is 3.08. The molecule has 0 unspecified atom stereocenters. The molecule has 1 aromatic heterocycles. The summed E-state index contributed by atoms with van der Waals surface area (Å²) in [5.41, 5.74) is -1.13. The van der Waals surface area contributed by atoms with Gasteiger partial charge in [0, 0.05) is 6.92 Å². The topological polar surface area (TPSA) is 70.7 Å². The van der Waals surface area contributed by atoms with Crippen LogP contribution >= 0.6 is 45.8 Å². The van der Waals surface area contributed by atoms with E-state index in [-0.39, 0.29) is 27.2 Å². The number of hydrogen-bond acceptors (Lipinski definition) is 3. The van der Waals surface area contributed by atoms with E-state index in [0.717, 1.165) is 4.68 Å². The van der Waals surface area contributed by atoms with Gasteiger partial charge in [-0.2, -0.15) is 23.5 Å². The van der Waals surface area contributed by atoms with E-state index in [0.29, 0.717) is 15.7 Å². The van der Waals surface area contributed by atoms with Crippen molar-refractivity contribution in [2.75, 3.05) is 5.32 Å². The molecule has 0 bridgehead atoms. The van der Waals surface area contributed by atoms with Crippen LogP contribution in [-0.2, 0) is 11.0 Å². The van der Waals surface area contributed by atoms with Crippen LogP contribution in [-0.4, -0.2) is 15.7 Å². The molecule has 5 nitrogen and oxygen atoms in total. The summed E-state index contributed by atoms with van der Waals surface area (Å²) >= 11 is 13.7. The van der Waals surface area contributed by atoms with Crippen molar-refractivity contribution in [3.63, 3.8) is 0 Å². The summed E-state index contributed by atoms with van der Waals surface area (Å²) in [4.78, 5) is 11.3. The highest BCUT2D eigenvalue weighted by Crippen LogP contribution is 2.39. The number of nitrogens with one attached hydrogen (secondary N) is 1. The Morgan fingerprint density at radius 2 is 1.92 bits per heavy atom. The summed E-state index contributed by atoms with van der Waals surface area (Å²) in [5, 5.41) is 14.8. The molecule has 24 heavy (non-hydrogen) atoms. The molecule has 2 rings (SSSR count). The quantitative estimate of drug-likeness (QED) is 0.626. The minimum atomic E-state index is -4.62. The van der Waals surface area contributed by atoms with Gasteiger partial charge in [0.15, 0.2) is 11.5 Å². The first-order valence-electron chi connectivity index (χ1n) is 6.09. The highest BCUT2D eigenvalue weighted by Gasteiger charge is 2.33. The van der Waals surface area contributed by atoms with Crippen molar-refractivity contribution in [3.05, 3.63) is 37.0 Å². The van der Waals surface area contributed by atoms with E-state index in [1.54, 1.807) is 22.6 Å². The van der Waals surface area contributed by atoms with Crippen LogP contribution in [0, 0.1) is 14.9 Å². The molecule has 1 N–H and O–H groups in total. The molecule has 1 aromatic carbocycles. The third kappa shape index (κ3) is 3.60. The Morgan fingerprint density at radius 1 is 1.38 bits per heavy atom. The van der Waals surface area contributed by atoms with E-state index in [1.165, 1.54) is 6.92 Å². The van der Waals surface area contributed by atoms with Crippen LogP contribution in [0.25, 0.3) is 5.69 Å². The summed E-state index contributed by atoms with van der Waals surface area (Å²) in [5.74, 6) is -0.374. The van der Waals surface area contributed by atoms with Gasteiger partial charge in [-0.15, -0.1) is 0 Å². The smallest absolute Gasteiger partial charge is 0.310 e. The van der Waals surface area contributed by atoms with Gasteiger partial charge in [-0.25, -0.2) is 4.68 Å². The number of amides is 1. The molecule has 126 valence electrons. The number of nitrogens with zero attached hydrogens (tertiary/aromatic N) is 3. The first kappa shape index (κ1) is 18.8. The number of benzene rings is 1. The minimum absolute atomic E-state index is 0.0358. The molecular formula is C13H6Cl2F3IN4O. The van der Waals surface area contributed by atoms with Crippen molar-refractivity contribution < 1.29 is 18.0 Å². The Kier molecular flexibility index (Phi) is 5.31. The number of halogens is 6. The van der Waals surface area contributed by atoms with Gasteiger partial charge in [-0.05, 0) is 34.7 Å². The van der Waals surface area contributed by atoms with Gasteiger partial charge in [-0.1, -0.05) is 23.2 Å². The summed E-state index contributed by atoms with van der Waals surface area (Å²) in [7, 11) is 0. The number of anilines is 1. The maximum absolute atomic E-state index is 12.8. The van der Waals surface area contributed by atoms with Crippen molar-refractivity contribution in [1.82, 2.24) is 9.78 Å². The lowest BCUT2D eigenvalue weighted by atomic mass is 10.2. The molecule has 0 aliphatic heterocycles. The zero-order chi connectivity index (χ0) is 18.2. The van der Waals surface area contributed by atoms with Gasteiger partial charge < -0.3 is 5.32 Å². The molecule has 0 aliphatic carbocycles. The van der Waals surface area contributed by atoms with Crippen LogP contribution < -0.4 is 5.32 Å². The fraction of sp³-hybridized carbons (Fsp3) is 0.154. The fourth-order valence-electron chi connectivity index (χ4n) is 1.84. The molecule has 1 heterocycles. The van der Waals surface area contributed by atoms with Crippen LogP contribution in [0.4, 0.5) is 19.0 Å². The molecule has 0 spiro atoms. The zero-order valence-corrected chi connectivity index (χ0v) is 15.3. The Morgan fingerprint density at radius 3 is 2.33 bits per heavy atom. The molecule has 11 heteroatoms. The first-order chi connectivity index (χ1) is 11.1. The van der Waals surface area contributed by atoms with Crippen LogP contribution in [0.15, 0.2) is 12.1 Å². The molecule has 0 radical (unpaired) electrons. The van der Waals surface area contributed by atoms with Gasteiger partial charge in [-0.3, -0.25) is 4.79 Å². The predicted molar refractivity (Wildman–Crippen MR) is 90.3 cm³/mol. The Balaban J connectivity index is 2.73. The first-order valence-corrected chi connectivity index (χ1v) is 7.92. The van der Waals surface area contributed by atoms with Gasteiger partial charge >= 0.3 is 6.18 Å². The van der Waals surface area contributed by atoms with Crippen molar-refractivity contribution in [2.24, 2.45) is 0 Å². The Labute approximate surface area is 157 Å². The van der Waals surface area contributed by atoms with Crippen molar-refractivity contribution in [3.8, 4) is 11.8 Å². The molecule has 0 atom stereocenters. The van der Waals surface area contributed by atoms with Crippen molar-refractivity contribution >= 4 is 57.5 Å². The van der Waals surface area contributed by atoms with Gasteiger partial charge in [0.2, 0.25) is 5.91 Å². The number of carbonyl (C=O) groups is 1. The second-order valence-electron chi connectivity index (χ2n) is 4.50. The predicted octanol–water partition coefficient (Wildman–Crippen LogP) is 4.63. The highest BCUT2D eigenvalue weighted by molar-refractivity contribution is 14.1. The zero-order valence-electron chi connectivity index (χ0n) is 11.7. The Bertz CT molecular complexity index is 850. The van der Waals surface area contributed by atoms with Crippen LogP contribution in [0.1, 0.15) is 18.2 Å². The van der Waals surface area contributed by atoms with Crippen LogP contribution in [0.3, 0.4) is 0 Å². The van der Waals surface area contributed by atoms with E-state index in [2.05, 4.69) is 10.4 Å². The largest absolute Gasteiger partial charge is 0.416 e. The lowest BCUT2D eigenvalue weighted by Gasteiger charge is -2.14. The summed E-state index contributed by atoms with van der Waals surface area (Å²) in [6.45, 7) is 1.23. The second-order valence-corrected chi connectivity index (χ2v) is 6.40. The van der Waals surface area contributed by atoms with Gasteiger partial charge in [0.25, 0.3) is 0 Å². The molecule has 0 saturated carbocycles. The number of carbonyl (C=O) groups excluding carboxylic acids is 1. The van der Waals surface area contributed by atoms with Crippen LogP contribution in [0.2, 0.25) is 10.0 Å². The van der Waals surface area contributed by atoms with Crippen molar-refractivity contribution in [1.29, 1.82) is 5.26 Å². The lowest BCUT2D eigenvalue weighted by Crippen LogP contribution is -2.13.